The standard InChI is InChI=1S/C26H35N5O3S/c1-17-13-19(10-12-35(17,33)34)24(18-7-5-4-6-8-18)31-16-20(15-27-31)28-25(32)23-21-9-11-26(2,3)14-22(21)29-30-23/h4-8,15-17,19,24,33-34H,9-14H2,1-3H3,(H,28,32)(H,29,30). The van der Waals surface area contributed by atoms with Crippen molar-refractivity contribution in [2.75, 3.05) is 11.1 Å². The lowest BCUT2D eigenvalue weighted by Crippen LogP contribution is -2.33. The molecular formula is C26H35N5O3S. The number of nitrogens with one attached hydrogen (secondary N) is 2. The lowest BCUT2D eigenvalue weighted by Gasteiger charge is -2.46. The van der Waals surface area contributed by atoms with Crippen LogP contribution in [0.4, 0.5) is 5.69 Å². The molecule has 1 saturated heterocycles. The molecule has 0 saturated carbocycles. The van der Waals surface area contributed by atoms with E-state index in [-0.39, 0.29) is 28.5 Å². The van der Waals surface area contributed by atoms with E-state index >= 15 is 0 Å². The molecule has 1 aliphatic carbocycles. The van der Waals surface area contributed by atoms with Crippen molar-refractivity contribution in [2.45, 2.75) is 64.2 Å². The van der Waals surface area contributed by atoms with E-state index in [4.69, 9.17) is 0 Å². The first kappa shape index (κ1) is 24.1. The van der Waals surface area contributed by atoms with Gasteiger partial charge in [-0.25, -0.2) is 0 Å². The molecule has 3 atom stereocenters. The number of hydrogen-bond donors (Lipinski definition) is 4. The highest BCUT2D eigenvalue weighted by molar-refractivity contribution is 8.24. The molecule has 3 unspecified atom stereocenters. The van der Waals surface area contributed by atoms with E-state index in [9.17, 15) is 13.9 Å². The van der Waals surface area contributed by atoms with Gasteiger partial charge in [-0.2, -0.15) is 20.8 Å². The van der Waals surface area contributed by atoms with E-state index in [0.717, 1.165) is 36.1 Å². The number of amides is 1. The van der Waals surface area contributed by atoms with Crippen LogP contribution in [0.15, 0.2) is 42.7 Å². The predicted octanol–water partition coefficient (Wildman–Crippen LogP) is 5.51. The molecule has 3 aromatic rings. The summed E-state index contributed by atoms with van der Waals surface area (Å²) in [6, 6.07) is 10.1. The van der Waals surface area contributed by atoms with Crippen molar-refractivity contribution in [3.8, 4) is 0 Å². The van der Waals surface area contributed by atoms with Crippen molar-refractivity contribution < 1.29 is 13.9 Å². The number of H-pyrrole nitrogens is 1. The number of carbonyl (C=O) groups is 1. The van der Waals surface area contributed by atoms with Crippen LogP contribution in [0.5, 0.6) is 0 Å². The average molecular weight is 498 g/mol. The van der Waals surface area contributed by atoms with Crippen LogP contribution < -0.4 is 5.32 Å². The molecule has 2 aromatic heterocycles. The summed E-state index contributed by atoms with van der Waals surface area (Å²) in [6.07, 6.45) is 7.73. The van der Waals surface area contributed by atoms with Crippen LogP contribution in [-0.4, -0.2) is 46.0 Å². The third kappa shape index (κ3) is 4.90. The van der Waals surface area contributed by atoms with Gasteiger partial charge >= 0.3 is 0 Å². The Kier molecular flexibility index (Phi) is 6.27. The van der Waals surface area contributed by atoms with Crippen molar-refractivity contribution in [3.63, 3.8) is 0 Å². The van der Waals surface area contributed by atoms with Crippen LogP contribution in [0.25, 0.3) is 0 Å². The first-order valence-electron chi connectivity index (χ1n) is 12.3. The van der Waals surface area contributed by atoms with Gasteiger partial charge in [0.25, 0.3) is 5.91 Å². The van der Waals surface area contributed by atoms with Gasteiger partial charge in [0.15, 0.2) is 5.69 Å². The summed E-state index contributed by atoms with van der Waals surface area (Å²) in [5, 5.41) is 14.9. The van der Waals surface area contributed by atoms with E-state index in [2.05, 4.69) is 46.6 Å². The molecule has 35 heavy (non-hydrogen) atoms. The number of carbonyl (C=O) groups excluding carboxylic acids is 1. The van der Waals surface area contributed by atoms with Crippen LogP contribution in [0.3, 0.4) is 0 Å². The molecule has 188 valence electrons. The van der Waals surface area contributed by atoms with Gasteiger partial charge in [-0.15, -0.1) is 0 Å². The minimum atomic E-state index is -2.54. The SMILES string of the molecule is CC1CC(C(c2ccccc2)n2cc(NC(=O)c3n[nH]c4c3CCC(C)(C)C4)cn2)CCS1(O)O. The third-order valence-corrected chi connectivity index (χ3v) is 9.99. The highest BCUT2D eigenvalue weighted by Crippen LogP contribution is 2.54. The Morgan fingerprint density at radius 2 is 2.06 bits per heavy atom. The maximum Gasteiger partial charge on any atom is 0.276 e. The Bertz CT molecular complexity index is 1200. The van der Waals surface area contributed by atoms with Gasteiger partial charge in [0.2, 0.25) is 0 Å². The smallest absolute Gasteiger partial charge is 0.276 e. The molecule has 0 radical (unpaired) electrons. The molecule has 0 bridgehead atoms. The van der Waals surface area contributed by atoms with Crippen LogP contribution in [0.2, 0.25) is 0 Å². The predicted molar refractivity (Wildman–Crippen MR) is 139 cm³/mol. The van der Waals surface area contributed by atoms with Gasteiger partial charge in [-0.3, -0.25) is 23.7 Å². The molecule has 1 amide bonds. The maximum absolute atomic E-state index is 13.1. The van der Waals surface area contributed by atoms with Crippen LogP contribution in [-0.2, 0) is 12.8 Å². The molecule has 2 aliphatic rings. The topological polar surface area (TPSA) is 116 Å². The molecule has 9 heteroatoms. The zero-order valence-electron chi connectivity index (χ0n) is 20.6. The fourth-order valence-electron chi connectivity index (χ4n) is 5.58. The van der Waals surface area contributed by atoms with E-state index < -0.39 is 10.6 Å². The second kappa shape index (κ2) is 9.11. The Balaban J connectivity index is 1.37. The first-order valence-corrected chi connectivity index (χ1v) is 14.1. The van der Waals surface area contributed by atoms with Crippen LogP contribution >= 0.6 is 10.6 Å². The summed E-state index contributed by atoms with van der Waals surface area (Å²) >= 11 is 0. The molecule has 0 spiro atoms. The van der Waals surface area contributed by atoms with Gasteiger partial charge < -0.3 is 5.32 Å². The number of rotatable bonds is 5. The van der Waals surface area contributed by atoms with Crippen molar-refractivity contribution in [1.82, 2.24) is 20.0 Å². The number of aromatic amines is 1. The third-order valence-electron chi connectivity index (χ3n) is 7.68. The van der Waals surface area contributed by atoms with Crippen molar-refractivity contribution in [2.24, 2.45) is 11.3 Å². The van der Waals surface area contributed by atoms with Crippen LogP contribution in [0.1, 0.15) is 73.4 Å². The lowest BCUT2D eigenvalue weighted by molar-refractivity contribution is 0.102. The number of nitrogens with zero attached hydrogens (tertiary/aromatic N) is 3. The lowest BCUT2D eigenvalue weighted by atomic mass is 9.76. The van der Waals surface area contributed by atoms with E-state index in [1.165, 1.54) is 0 Å². The van der Waals surface area contributed by atoms with Crippen molar-refractivity contribution in [3.05, 3.63) is 65.2 Å². The van der Waals surface area contributed by atoms with E-state index in [1.807, 2.05) is 36.0 Å². The quantitative estimate of drug-likeness (QED) is 0.371. The monoisotopic (exact) mass is 497 g/mol. The highest BCUT2D eigenvalue weighted by atomic mass is 32.3. The Hall–Kier alpha value is -2.62. The highest BCUT2D eigenvalue weighted by Gasteiger charge is 2.37. The maximum atomic E-state index is 13.1. The van der Waals surface area contributed by atoms with Gasteiger partial charge in [-0.1, -0.05) is 44.2 Å². The molecule has 5 rings (SSSR count). The second-order valence-corrected chi connectivity index (χ2v) is 13.6. The van der Waals surface area contributed by atoms with E-state index in [0.29, 0.717) is 30.0 Å². The van der Waals surface area contributed by atoms with E-state index in [1.54, 1.807) is 6.20 Å². The van der Waals surface area contributed by atoms with Gasteiger partial charge in [0.05, 0.1) is 17.9 Å². The molecule has 1 fully saturated rings. The molecular weight excluding hydrogens is 462 g/mol. The number of hydrogen-bond acceptors (Lipinski definition) is 5. The van der Waals surface area contributed by atoms with Crippen molar-refractivity contribution >= 4 is 22.2 Å². The van der Waals surface area contributed by atoms with Gasteiger partial charge in [0.1, 0.15) is 0 Å². The second-order valence-electron chi connectivity index (χ2n) is 10.9. The van der Waals surface area contributed by atoms with Crippen LogP contribution in [0, 0.1) is 11.3 Å². The summed E-state index contributed by atoms with van der Waals surface area (Å²) in [4.78, 5) is 13.1. The molecule has 1 aromatic carbocycles. The summed E-state index contributed by atoms with van der Waals surface area (Å²) < 4.78 is 22.6. The molecule has 1 aliphatic heterocycles. The fraction of sp³-hybridized carbons (Fsp3) is 0.500. The summed E-state index contributed by atoms with van der Waals surface area (Å²) in [5.74, 6) is 0.393. The largest absolute Gasteiger partial charge is 0.318 e. The minimum absolute atomic E-state index is 0.0554. The number of aromatic nitrogens is 4. The fourth-order valence-corrected chi connectivity index (χ4v) is 7.19. The first-order chi connectivity index (χ1) is 16.6. The Morgan fingerprint density at radius 3 is 2.80 bits per heavy atom. The molecule has 3 heterocycles. The van der Waals surface area contributed by atoms with Gasteiger partial charge in [-0.05, 0) is 55.9 Å². The zero-order valence-corrected chi connectivity index (χ0v) is 21.4. The summed E-state index contributed by atoms with van der Waals surface area (Å²) in [5.41, 5.74) is 4.50. The zero-order chi connectivity index (χ0) is 24.8. The number of fused-ring (bicyclic) bond motifs is 1. The summed E-state index contributed by atoms with van der Waals surface area (Å²) in [6.45, 7) is 6.40. The Morgan fingerprint density at radius 1 is 1.29 bits per heavy atom. The average Bonchev–Trinajstić information content (AvgIpc) is 3.43. The number of anilines is 1. The van der Waals surface area contributed by atoms with Gasteiger partial charge in [0, 0.05) is 28.5 Å². The Labute approximate surface area is 207 Å². The molecule has 4 N–H and O–H groups in total. The minimum Gasteiger partial charge on any atom is -0.318 e. The normalized spacial score (nSPS) is 24.8. The summed E-state index contributed by atoms with van der Waals surface area (Å²) in [7, 11) is -2.54. The van der Waals surface area contributed by atoms with Crippen molar-refractivity contribution in [1.29, 1.82) is 0 Å². The number of benzene rings is 1. The molecule has 8 nitrogen and oxygen atoms in total.